The zero-order valence-corrected chi connectivity index (χ0v) is 22.3. The predicted molar refractivity (Wildman–Crippen MR) is 133 cm³/mol. The Morgan fingerprint density at radius 1 is 1.03 bits per heavy atom. The number of aliphatic hydroxyl groups is 1. The highest BCUT2D eigenvalue weighted by Gasteiger charge is 2.68. The van der Waals surface area contributed by atoms with Crippen molar-refractivity contribution < 1.29 is 9.50 Å². The van der Waals surface area contributed by atoms with Gasteiger partial charge in [-0.1, -0.05) is 86.3 Å². The second kappa shape index (κ2) is 8.10. The van der Waals surface area contributed by atoms with E-state index in [0.29, 0.717) is 23.7 Å². The van der Waals surface area contributed by atoms with Gasteiger partial charge in [-0.15, -0.1) is 0 Å². The molecule has 0 saturated heterocycles. The van der Waals surface area contributed by atoms with Gasteiger partial charge in [0.2, 0.25) is 0 Å². The monoisotopic (exact) mass is 446 g/mol. The van der Waals surface area contributed by atoms with Crippen LogP contribution in [0, 0.1) is 51.2 Å². The van der Waals surface area contributed by atoms with Crippen molar-refractivity contribution in [2.75, 3.05) is 0 Å². The Hall–Kier alpha value is -0.370. The summed E-state index contributed by atoms with van der Waals surface area (Å²) >= 11 is 0. The molecule has 1 N–H and O–H groups in total. The third-order valence-corrected chi connectivity index (χ3v) is 12.0. The summed E-state index contributed by atoms with van der Waals surface area (Å²) in [4.78, 5) is 0. The van der Waals surface area contributed by atoms with E-state index in [4.69, 9.17) is 0 Å². The molecule has 2 heteroatoms. The molecule has 4 aliphatic rings. The molecule has 0 spiro atoms. The Balaban J connectivity index is 1.65. The molecule has 0 aromatic carbocycles. The number of aliphatic hydroxyl groups excluding tert-OH is 1. The van der Waals surface area contributed by atoms with Crippen molar-refractivity contribution in [3.05, 3.63) is 11.6 Å². The third-order valence-electron chi connectivity index (χ3n) is 12.0. The highest BCUT2D eigenvalue weighted by molar-refractivity contribution is 5.35. The molecule has 4 aliphatic carbocycles. The van der Waals surface area contributed by atoms with Gasteiger partial charge >= 0.3 is 0 Å². The van der Waals surface area contributed by atoms with Crippen molar-refractivity contribution in [3.8, 4) is 0 Å². The Morgan fingerprint density at radius 2 is 1.72 bits per heavy atom. The van der Waals surface area contributed by atoms with Crippen LogP contribution in [0.2, 0.25) is 0 Å². The summed E-state index contributed by atoms with van der Waals surface area (Å²) in [7, 11) is 0. The van der Waals surface area contributed by atoms with E-state index >= 15 is 4.39 Å². The van der Waals surface area contributed by atoms with Crippen molar-refractivity contribution >= 4 is 0 Å². The molecule has 1 nitrogen and oxygen atoms in total. The molecule has 32 heavy (non-hydrogen) atoms. The standard InChI is InChI=1S/C30H51FO/c1-19(2)10-9-11-20(3)23-18-25(31)30(8)22-12-13-24-27(4,5)26(32)15-16-28(24,6)21(22)14-17-29(23,30)7/h12,19-21,23-26,32H,9-11,13-18H2,1-8H3/t20-,21+,23-,24+,25+,26+,28-,29-,30-/m1/s1. The van der Waals surface area contributed by atoms with Crippen LogP contribution >= 0.6 is 0 Å². The second-order valence-corrected chi connectivity index (χ2v) is 14.2. The maximum atomic E-state index is 16.2. The van der Waals surface area contributed by atoms with Crippen LogP contribution in [0.15, 0.2) is 11.6 Å². The summed E-state index contributed by atoms with van der Waals surface area (Å²) in [6, 6.07) is 0. The maximum absolute atomic E-state index is 16.2. The van der Waals surface area contributed by atoms with E-state index in [0.717, 1.165) is 38.0 Å². The van der Waals surface area contributed by atoms with Gasteiger partial charge in [-0.2, -0.15) is 0 Å². The van der Waals surface area contributed by atoms with Crippen molar-refractivity contribution in [3.63, 3.8) is 0 Å². The first-order valence-electron chi connectivity index (χ1n) is 13.8. The van der Waals surface area contributed by atoms with Crippen molar-refractivity contribution in [1.82, 2.24) is 0 Å². The van der Waals surface area contributed by atoms with Crippen LogP contribution in [0.4, 0.5) is 4.39 Å². The largest absolute Gasteiger partial charge is 0.393 e. The Labute approximate surface area is 198 Å². The molecule has 3 fully saturated rings. The minimum absolute atomic E-state index is 0.0606. The Kier molecular flexibility index (Phi) is 6.26. The molecule has 0 heterocycles. The smallest absolute Gasteiger partial charge is 0.110 e. The van der Waals surface area contributed by atoms with Crippen molar-refractivity contribution in [2.24, 2.45) is 51.2 Å². The highest BCUT2D eigenvalue weighted by atomic mass is 19.1. The second-order valence-electron chi connectivity index (χ2n) is 14.2. The van der Waals surface area contributed by atoms with Crippen LogP contribution in [0.1, 0.15) is 113 Å². The van der Waals surface area contributed by atoms with Gasteiger partial charge in [0.15, 0.2) is 0 Å². The number of halogens is 1. The van der Waals surface area contributed by atoms with E-state index in [9.17, 15) is 5.11 Å². The summed E-state index contributed by atoms with van der Waals surface area (Å²) in [5.74, 6) is 2.83. The molecule has 9 atom stereocenters. The van der Waals surface area contributed by atoms with Gasteiger partial charge in [-0.3, -0.25) is 0 Å². The minimum atomic E-state index is -0.721. The number of hydrogen-bond donors (Lipinski definition) is 1. The van der Waals surface area contributed by atoms with Crippen LogP contribution in [-0.4, -0.2) is 17.4 Å². The SMILES string of the molecule is CC(C)CCC[C@@H](C)[C@H]1C[C@H](F)[C@@]2(C)C3=CC[C@H]4C(C)(C)[C@@H](O)CC[C@]4(C)[C@H]3CC[C@]12C. The lowest BCUT2D eigenvalue weighted by molar-refractivity contribution is -0.134. The van der Waals surface area contributed by atoms with Crippen molar-refractivity contribution in [1.29, 1.82) is 0 Å². The van der Waals surface area contributed by atoms with E-state index in [1.54, 1.807) is 0 Å². The molecule has 184 valence electrons. The van der Waals surface area contributed by atoms with Gasteiger partial charge in [0.25, 0.3) is 0 Å². The van der Waals surface area contributed by atoms with Crippen LogP contribution < -0.4 is 0 Å². The van der Waals surface area contributed by atoms with Crippen molar-refractivity contribution in [2.45, 2.75) is 125 Å². The van der Waals surface area contributed by atoms with Gasteiger partial charge in [0.1, 0.15) is 6.17 Å². The third kappa shape index (κ3) is 3.31. The average Bonchev–Trinajstić information content (AvgIpc) is 2.92. The topological polar surface area (TPSA) is 20.2 Å². The van der Waals surface area contributed by atoms with Gasteiger partial charge in [0, 0.05) is 5.41 Å². The van der Waals surface area contributed by atoms with Crippen LogP contribution in [0.5, 0.6) is 0 Å². The molecule has 0 bridgehead atoms. The van der Waals surface area contributed by atoms with Crippen LogP contribution in [0.3, 0.4) is 0 Å². The molecule has 0 aliphatic heterocycles. The number of hydrogen-bond acceptors (Lipinski definition) is 1. The number of fused-ring (bicyclic) bond motifs is 5. The number of rotatable bonds is 5. The normalized spacial score (nSPS) is 48.6. The first-order valence-corrected chi connectivity index (χ1v) is 13.8. The summed E-state index contributed by atoms with van der Waals surface area (Å²) < 4.78 is 16.2. The first kappa shape index (κ1) is 24.7. The summed E-state index contributed by atoms with van der Waals surface area (Å²) in [6.07, 6.45) is 11.5. The van der Waals surface area contributed by atoms with E-state index in [-0.39, 0.29) is 27.8 Å². The number of allylic oxidation sites excluding steroid dienone is 2. The molecule has 0 aromatic rings. The van der Waals surface area contributed by atoms with E-state index < -0.39 is 6.17 Å². The summed E-state index contributed by atoms with van der Waals surface area (Å²) in [6.45, 7) is 18.8. The molecule has 0 aromatic heterocycles. The fraction of sp³-hybridized carbons (Fsp3) is 0.933. The maximum Gasteiger partial charge on any atom is 0.110 e. The fourth-order valence-corrected chi connectivity index (χ4v) is 9.64. The van der Waals surface area contributed by atoms with Gasteiger partial charge in [0.05, 0.1) is 6.10 Å². The Morgan fingerprint density at radius 3 is 2.38 bits per heavy atom. The molecule has 3 saturated carbocycles. The molecule has 4 rings (SSSR count). The van der Waals surface area contributed by atoms with Crippen LogP contribution in [-0.2, 0) is 0 Å². The first-order chi connectivity index (χ1) is 14.8. The molecule has 0 amide bonds. The highest BCUT2D eigenvalue weighted by Crippen LogP contribution is 2.73. The van der Waals surface area contributed by atoms with E-state index in [1.165, 1.54) is 31.3 Å². The number of alkyl halides is 1. The van der Waals surface area contributed by atoms with Gasteiger partial charge < -0.3 is 5.11 Å². The lowest BCUT2D eigenvalue weighted by Gasteiger charge is -2.64. The van der Waals surface area contributed by atoms with E-state index in [2.05, 4.69) is 61.5 Å². The fourth-order valence-electron chi connectivity index (χ4n) is 9.64. The lowest BCUT2D eigenvalue weighted by Crippen LogP contribution is -2.59. The zero-order chi connectivity index (χ0) is 23.7. The Bertz CT molecular complexity index is 739. The predicted octanol–water partition coefficient (Wildman–Crippen LogP) is 8.36. The van der Waals surface area contributed by atoms with Gasteiger partial charge in [-0.25, -0.2) is 4.39 Å². The summed E-state index contributed by atoms with van der Waals surface area (Å²) in [5.41, 5.74) is 1.36. The molecule has 0 radical (unpaired) electrons. The molecular formula is C30H51FO. The summed E-state index contributed by atoms with van der Waals surface area (Å²) in [5, 5.41) is 10.8. The van der Waals surface area contributed by atoms with Gasteiger partial charge in [-0.05, 0) is 84.4 Å². The lowest BCUT2D eigenvalue weighted by atomic mass is 9.41. The quantitative estimate of drug-likeness (QED) is 0.421. The van der Waals surface area contributed by atoms with Crippen LogP contribution in [0.25, 0.3) is 0 Å². The average molecular weight is 447 g/mol. The minimum Gasteiger partial charge on any atom is -0.393 e. The molecule has 0 unspecified atom stereocenters. The zero-order valence-electron chi connectivity index (χ0n) is 22.3. The molecular weight excluding hydrogens is 395 g/mol. The van der Waals surface area contributed by atoms with E-state index in [1.807, 2.05) is 0 Å².